The van der Waals surface area contributed by atoms with Crippen molar-refractivity contribution in [2.45, 2.75) is 89.6 Å². The number of hydrogen-bond acceptors (Lipinski definition) is 4. The van der Waals surface area contributed by atoms with Crippen molar-refractivity contribution in [2.75, 3.05) is 0 Å². The molecule has 1 saturated carbocycles. The second-order valence-corrected chi connectivity index (χ2v) is 7.16. The molecule has 0 spiro atoms. The SMILES string of the molecule is O=C(CCC(=O)OC1CCCCCCCCCCC1)Oc1ccccc1. The first-order valence-corrected chi connectivity index (χ1v) is 10.2. The van der Waals surface area contributed by atoms with Crippen molar-refractivity contribution in [2.24, 2.45) is 0 Å². The molecule has 0 amide bonds. The van der Waals surface area contributed by atoms with Crippen molar-refractivity contribution in [1.82, 2.24) is 0 Å². The van der Waals surface area contributed by atoms with Gasteiger partial charge in [-0.25, -0.2) is 0 Å². The summed E-state index contributed by atoms with van der Waals surface area (Å²) >= 11 is 0. The van der Waals surface area contributed by atoms with E-state index < -0.39 is 5.97 Å². The molecule has 26 heavy (non-hydrogen) atoms. The van der Waals surface area contributed by atoms with E-state index in [9.17, 15) is 9.59 Å². The smallest absolute Gasteiger partial charge is 0.311 e. The van der Waals surface area contributed by atoms with Crippen LogP contribution in [0.3, 0.4) is 0 Å². The Morgan fingerprint density at radius 2 is 1.23 bits per heavy atom. The first kappa shape index (κ1) is 20.5. The Bertz CT molecular complexity index is 514. The van der Waals surface area contributed by atoms with Crippen LogP contribution in [0, 0.1) is 0 Å². The van der Waals surface area contributed by atoms with Crippen LogP contribution in [0.15, 0.2) is 30.3 Å². The van der Waals surface area contributed by atoms with Gasteiger partial charge in [0, 0.05) is 0 Å². The Labute approximate surface area is 157 Å². The maximum absolute atomic E-state index is 12.1. The zero-order valence-electron chi connectivity index (χ0n) is 15.8. The van der Waals surface area contributed by atoms with E-state index in [0.717, 1.165) is 25.7 Å². The zero-order chi connectivity index (χ0) is 18.5. The summed E-state index contributed by atoms with van der Waals surface area (Å²) in [6, 6.07) is 8.92. The van der Waals surface area contributed by atoms with Crippen molar-refractivity contribution in [3.05, 3.63) is 30.3 Å². The minimum absolute atomic E-state index is 0.00655. The molecule has 1 aliphatic carbocycles. The van der Waals surface area contributed by atoms with Crippen LogP contribution in [-0.2, 0) is 14.3 Å². The molecule has 0 N–H and O–H groups in total. The first-order valence-electron chi connectivity index (χ1n) is 10.2. The van der Waals surface area contributed by atoms with Crippen molar-refractivity contribution < 1.29 is 19.1 Å². The van der Waals surface area contributed by atoms with Crippen LogP contribution in [0.2, 0.25) is 0 Å². The number of esters is 2. The minimum Gasteiger partial charge on any atom is -0.462 e. The summed E-state index contributed by atoms with van der Waals surface area (Å²) in [6.07, 6.45) is 13.3. The Morgan fingerprint density at radius 3 is 1.81 bits per heavy atom. The number of benzene rings is 1. The molecule has 0 aliphatic heterocycles. The van der Waals surface area contributed by atoms with Gasteiger partial charge in [-0.15, -0.1) is 0 Å². The summed E-state index contributed by atoms with van der Waals surface area (Å²) in [5.74, 6) is -0.177. The van der Waals surface area contributed by atoms with E-state index in [0.29, 0.717) is 5.75 Å². The van der Waals surface area contributed by atoms with Gasteiger partial charge in [-0.05, 0) is 37.8 Å². The highest BCUT2D eigenvalue weighted by atomic mass is 16.5. The van der Waals surface area contributed by atoms with Gasteiger partial charge in [-0.1, -0.05) is 63.1 Å². The Morgan fingerprint density at radius 1 is 0.731 bits per heavy atom. The Kier molecular flexibility index (Phi) is 9.84. The molecule has 0 radical (unpaired) electrons. The highest BCUT2D eigenvalue weighted by Crippen LogP contribution is 2.19. The molecular weight excluding hydrogens is 328 g/mol. The van der Waals surface area contributed by atoms with Crippen LogP contribution in [0.1, 0.15) is 83.5 Å². The van der Waals surface area contributed by atoms with Gasteiger partial charge in [0.2, 0.25) is 0 Å². The summed E-state index contributed by atoms with van der Waals surface area (Å²) in [7, 11) is 0. The van der Waals surface area contributed by atoms with E-state index in [-0.39, 0.29) is 24.9 Å². The standard InChI is InChI=1S/C22H32O4/c23-21(17-18-22(24)26-20-15-11-8-12-16-20)25-19-13-9-6-4-2-1-3-5-7-10-14-19/h8,11-12,15-16,19H,1-7,9-10,13-14,17-18H2. The van der Waals surface area contributed by atoms with Crippen LogP contribution < -0.4 is 4.74 Å². The fourth-order valence-electron chi connectivity index (χ4n) is 3.36. The van der Waals surface area contributed by atoms with Gasteiger partial charge in [0.1, 0.15) is 11.9 Å². The molecule has 2 rings (SSSR count). The maximum Gasteiger partial charge on any atom is 0.311 e. The number of hydrogen-bond donors (Lipinski definition) is 0. The van der Waals surface area contributed by atoms with Gasteiger partial charge in [0.05, 0.1) is 12.8 Å². The molecule has 0 aromatic heterocycles. The van der Waals surface area contributed by atoms with Gasteiger partial charge in [0.25, 0.3) is 0 Å². The quantitative estimate of drug-likeness (QED) is 0.507. The number of para-hydroxylation sites is 1. The summed E-state index contributed by atoms with van der Waals surface area (Å²) in [5, 5.41) is 0. The van der Waals surface area contributed by atoms with E-state index in [1.165, 1.54) is 44.9 Å². The van der Waals surface area contributed by atoms with E-state index in [1.54, 1.807) is 24.3 Å². The largest absolute Gasteiger partial charge is 0.462 e. The Hall–Kier alpha value is -1.84. The number of rotatable bonds is 5. The van der Waals surface area contributed by atoms with E-state index >= 15 is 0 Å². The van der Waals surface area contributed by atoms with Gasteiger partial charge in [-0.2, -0.15) is 0 Å². The van der Waals surface area contributed by atoms with E-state index in [4.69, 9.17) is 9.47 Å². The summed E-state index contributed by atoms with van der Waals surface area (Å²) in [4.78, 5) is 23.9. The molecule has 0 saturated heterocycles. The van der Waals surface area contributed by atoms with Gasteiger partial charge >= 0.3 is 11.9 Å². The lowest BCUT2D eigenvalue weighted by Gasteiger charge is -2.18. The average molecular weight is 360 g/mol. The molecule has 144 valence electrons. The number of carbonyl (C=O) groups is 2. The van der Waals surface area contributed by atoms with Crippen molar-refractivity contribution in [3.8, 4) is 5.75 Å². The molecule has 0 unspecified atom stereocenters. The number of carbonyl (C=O) groups excluding carboxylic acids is 2. The molecule has 1 aromatic rings. The lowest BCUT2D eigenvalue weighted by atomic mass is 9.99. The third-order valence-electron chi connectivity index (χ3n) is 4.86. The molecule has 1 aromatic carbocycles. The van der Waals surface area contributed by atoms with Crippen molar-refractivity contribution in [1.29, 1.82) is 0 Å². The number of ether oxygens (including phenoxy) is 2. The Balaban J connectivity index is 1.69. The van der Waals surface area contributed by atoms with Crippen LogP contribution in [0.4, 0.5) is 0 Å². The normalized spacial score (nSPS) is 17.5. The van der Waals surface area contributed by atoms with Crippen LogP contribution >= 0.6 is 0 Å². The predicted molar refractivity (Wildman–Crippen MR) is 102 cm³/mol. The molecule has 1 aliphatic rings. The van der Waals surface area contributed by atoms with Crippen LogP contribution in [-0.4, -0.2) is 18.0 Å². The molecule has 4 nitrogen and oxygen atoms in total. The van der Waals surface area contributed by atoms with E-state index in [2.05, 4.69) is 0 Å². The van der Waals surface area contributed by atoms with Crippen LogP contribution in [0.5, 0.6) is 5.75 Å². The summed E-state index contributed by atoms with van der Waals surface area (Å²) < 4.78 is 10.8. The zero-order valence-corrected chi connectivity index (χ0v) is 15.8. The molecule has 4 heteroatoms. The first-order chi connectivity index (χ1) is 12.7. The monoisotopic (exact) mass is 360 g/mol. The van der Waals surface area contributed by atoms with Gasteiger partial charge < -0.3 is 9.47 Å². The average Bonchev–Trinajstić information content (AvgIpc) is 2.63. The maximum atomic E-state index is 12.1. The fourth-order valence-corrected chi connectivity index (χ4v) is 3.36. The van der Waals surface area contributed by atoms with Crippen LogP contribution in [0.25, 0.3) is 0 Å². The molecule has 0 heterocycles. The molecular formula is C22H32O4. The van der Waals surface area contributed by atoms with E-state index in [1.807, 2.05) is 6.07 Å². The minimum atomic E-state index is -0.396. The topological polar surface area (TPSA) is 52.6 Å². The molecule has 0 bridgehead atoms. The summed E-state index contributed by atoms with van der Waals surface area (Å²) in [6.45, 7) is 0. The molecule has 0 atom stereocenters. The summed E-state index contributed by atoms with van der Waals surface area (Å²) in [5.41, 5.74) is 0. The fraction of sp³-hybridized carbons (Fsp3) is 0.636. The van der Waals surface area contributed by atoms with Crippen molar-refractivity contribution >= 4 is 11.9 Å². The second kappa shape index (κ2) is 12.5. The lowest BCUT2D eigenvalue weighted by molar-refractivity contribution is -0.152. The highest BCUT2D eigenvalue weighted by Gasteiger charge is 2.16. The van der Waals surface area contributed by atoms with Crippen molar-refractivity contribution in [3.63, 3.8) is 0 Å². The third-order valence-corrected chi connectivity index (χ3v) is 4.86. The lowest BCUT2D eigenvalue weighted by Crippen LogP contribution is -2.20. The third kappa shape index (κ3) is 9.02. The van der Waals surface area contributed by atoms with Gasteiger partial charge in [-0.3, -0.25) is 9.59 Å². The highest BCUT2D eigenvalue weighted by molar-refractivity contribution is 5.79. The molecule has 1 fully saturated rings. The van der Waals surface area contributed by atoms with Gasteiger partial charge in [0.15, 0.2) is 0 Å². The second-order valence-electron chi connectivity index (χ2n) is 7.16. The predicted octanol–water partition coefficient (Wildman–Crippen LogP) is 5.59.